The molecule has 5 rings (SSSR count). The van der Waals surface area contributed by atoms with Crippen molar-refractivity contribution in [3.05, 3.63) is 77.4 Å². The number of nitrogens with zero attached hydrogens (tertiary/aromatic N) is 1. The standard InChI is InChI=1S/C34H42N2O3/c1-24-22-28(36(2)27-16-14-26(15-17-27)25-10-6-4-7-11-25)18-20-32(24)35-33-21-19-30(23-31(33)34(37)38-3)39-29-12-8-5-9-13-29/h14-23,25,29,35H,4-13H2,1-3H3. The molecule has 0 unspecified atom stereocenters. The van der Waals surface area contributed by atoms with Crippen LogP contribution in [0.1, 0.15) is 91.6 Å². The predicted octanol–water partition coefficient (Wildman–Crippen LogP) is 9.05. The van der Waals surface area contributed by atoms with E-state index < -0.39 is 0 Å². The summed E-state index contributed by atoms with van der Waals surface area (Å²) < 4.78 is 11.3. The molecule has 2 aliphatic rings. The third kappa shape index (κ3) is 6.58. The minimum Gasteiger partial charge on any atom is -0.490 e. The molecule has 0 spiro atoms. The number of carbonyl (C=O) groups excluding carboxylic acids is 1. The Morgan fingerprint density at radius 3 is 2.10 bits per heavy atom. The maximum absolute atomic E-state index is 12.7. The second-order valence-corrected chi connectivity index (χ2v) is 11.2. The highest BCUT2D eigenvalue weighted by atomic mass is 16.5. The number of rotatable bonds is 8. The molecule has 0 atom stereocenters. The Balaban J connectivity index is 1.30. The number of ether oxygens (including phenoxy) is 2. The van der Waals surface area contributed by atoms with E-state index in [1.807, 2.05) is 12.1 Å². The van der Waals surface area contributed by atoms with Crippen molar-refractivity contribution in [1.29, 1.82) is 0 Å². The van der Waals surface area contributed by atoms with Gasteiger partial charge in [-0.1, -0.05) is 37.8 Å². The summed E-state index contributed by atoms with van der Waals surface area (Å²) in [7, 11) is 3.52. The predicted molar refractivity (Wildman–Crippen MR) is 160 cm³/mol. The minimum absolute atomic E-state index is 0.221. The number of hydrogen-bond donors (Lipinski definition) is 1. The molecule has 0 aromatic heterocycles. The Morgan fingerprint density at radius 2 is 1.44 bits per heavy atom. The van der Waals surface area contributed by atoms with Gasteiger partial charge in [-0.25, -0.2) is 4.79 Å². The molecule has 2 aliphatic carbocycles. The lowest BCUT2D eigenvalue weighted by molar-refractivity contribution is 0.0600. The van der Waals surface area contributed by atoms with Crippen molar-refractivity contribution in [3.63, 3.8) is 0 Å². The number of nitrogens with one attached hydrogen (secondary N) is 1. The molecule has 206 valence electrons. The lowest BCUT2D eigenvalue weighted by Crippen LogP contribution is -2.20. The zero-order valence-corrected chi connectivity index (χ0v) is 23.7. The van der Waals surface area contributed by atoms with Crippen molar-refractivity contribution in [3.8, 4) is 5.75 Å². The topological polar surface area (TPSA) is 50.8 Å². The van der Waals surface area contributed by atoms with Gasteiger partial charge in [-0.05, 0) is 111 Å². The molecule has 0 saturated heterocycles. The fourth-order valence-corrected chi connectivity index (χ4v) is 6.06. The molecule has 3 aromatic rings. The summed E-state index contributed by atoms with van der Waals surface area (Å²) in [4.78, 5) is 14.9. The quantitative estimate of drug-likeness (QED) is 0.297. The van der Waals surface area contributed by atoms with Crippen LogP contribution in [0.4, 0.5) is 22.7 Å². The number of aryl methyl sites for hydroxylation is 1. The first-order valence-corrected chi connectivity index (χ1v) is 14.6. The molecule has 2 fully saturated rings. The van der Waals surface area contributed by atoms with Gasteiger partial charge in [-0.15, -0.1) is 0 Å². The molecule has 3 aromatic carbocycles. The number of benzene rings is 3. The monoisotopic (exact) mass is 526 g/mol. The van der Waals surface area contributed by atoms with Crippen LogP contribution in [-0.2, 0) is 4.74 Å². The van der Waals surface area contributed by atoms with Crippen molar-refractivity contribution in [2.75, 3.05) is 24.4 Å². The van der Waals surface area contributed by atoms with Gasteiger partial charge in [0.05, 0.1) is 24.5 Å². The Kier molecular flexibility index (Phi) is 8.75. The maximum Gasteiger partial charge on any atom is 0.340 e. The summed E-state index contributed by atoms with van der Waals surface area (Å²) in [6, 6.07) is 21.1. The van der Waals surface area contributed by atoms with Crippen molar-refractivity contribution in [2.24, 2.45) is 0 Å². The van der Waals surface area contributed by atoms with Gasteiger partial charge in [0, 0.05) is 24.1 Å². The van der Waals surface area contributed by atoms with E-state index >= 15 is 0 Å². The van der Waals surface area contributed by atoms with Gasteiger partial charge in [-0.2, -0.15) is 0 Å². The number of anilines is 4. The molecule has 0 heterocycles. The van der Waals surface area contributed by atoms with Gasteiger partial charge in [0.2, 0.25) is 0 Å². The van der Waals surface area contributed by atoms with E-state index in [1.165, 1.54) is 69.7 Å². The van der Waals surface area contributed by atoms with E-state index in [-0.39, 0.29) is 12.1 Å². The van der Waals surface area contributed by atoms with Crippen LogP contribution >= 0.6 is 0 Å². The Labute approximate surface area is 233 Å². The normalized spacial score (nSPS) is 16.5. The summed E-state index contributed by atoms with van der Waals surface area (Å²) in [6.45, 7) is 2.09. The fourth-order valence-electron chi connectivity index (χ4n) is 6.06. The van der Waals surface area contributed by atoms with Crippen LogP contribution in [0.5, 0.6) is 5.75 Å². The lowest BCUT2D eigenvalue weighted by Gasteiger charge is -2.25. The van der Waals surface area contributed by atoms with Crippen LogP contribution in [0.15, 0.2) is 60.7 Å². The van der Waals surface area contributed by atoms with Crippen LogP contribution in [-0.4, -0.2) is 26.2 Å². The van der Waals surface area contributed by atoms with Gasteiger partial charge < -0.3 is 19.7 Å². The van der Waals surface area contributed by atoms with E-state index in [0.717, 1.165) is 35.5 Å². The van der Waals surface area contributed by atoms with E-state index in [0.29, 0.717) is 17.2 Å². The first-order chi connectivity index (χ1) is 19.0. The molecule has 39 heavy (non-hydrogen) atoms. The molecule has 5 heteroatoms. The lowest BCUT2D eigenvalue weighted by atomic mass is 9.84. The van der Waals surface area contributed by atoms with Gasteiger partial charge in [0.25, 0.3) is 0 Å². The number of methoxy groups -OCH3 is 1. The van der Waals surface area contributed by atoms with Crippen LogP contribution < -0.4 is 15.0 Å². The first-order valence-electron chi connectivity index (χ1n) is 14.6. The zero-order valence-electron chi connectivity index (χ0n) is 23.7. The van der Waals surface area contributed by atoms with E-state index in [2.05, 4.69) is 66.7 Å². The highest BCUT2D eigenvalue weighted by Gasteiger charge is 2.19. The third-order valence-corrected chi connectivity index (χ3v) is 8.47. The van der Waals surface area contributed by atoms with E-state index in [4.69, 9.17) is 9.47 Å². The molecule has 1 N–H and O–H groups in total. The summed E-state index contributed by atoms with van der Waals surface area (Å²) in [5.41, 5.74) is 7.00. The molecule has 0 aliphatic heterocycles. The number of carbonyl (C=O) groups is 1. The smallest absolute Gasteiger partial charge is 0.340 e. The Hall–Kier alpha value is -3.47. The molecular formula is C34H42N2O3. The minimum atomic E-state index is -0.378. The molecule has 0 amide bonds. The Morgan fingerprint density at radius 1 is 0.795 bits per heavy atom. The molecule has 5 nitrogen and oxygen atoms in total. The second kappa shape index (κ2) is 12.6. The van der Waals surface area contributed by atoms with Crippen molar-refractivity contribution in [2.45, 2.75) is 83.2 Å². The molecule has 0 bridgehead atoms. The summed E-state index contributed by atoms with van der Waals surface area (Å²) in [5, 5.41) is 3.46. The molecule has 2 saturated carbocycles. The van der Waals surface area contributed by atoms with Gasteiger partial charge in [0.1, 0.15) is 5.75 Å². The zero-order chi connectivity index (χ0) is 27.2. The SMILES string of the molecule is COC(=O)c1cc(OC2CCCCC2)ccc1Nc1ccc(N(C)c2ccc(C3CCCCC3)cc2)cc1C. The van der Waals surface area contributed by atoms with Crippen LogP contribution in [0.3, 0.4) is 0 Å². The molecule has 0 radical (unpaired) electrons. The average Bonchev–Trinajstić information content (AvgIpc) is 2.99. The fraction of sp³-hybridized carbons (Fsp3) is 0.441. The third-order valence-electron chi connectivity index (χ3n) is 8.47. The van der Waals surface area contributed by atoms with Gasteiger partial charge in [0.15, 0.2) is 0 Å². The van der Waals surface area contributed by atoms with E-state index in [9.17, 15) is 4.79 Å². The van der Waals surface area contributed by atoms with Gasteiger partial charge in [-0.3, -0.25) is 0 Å². The van der Waals surface area contributed by atoms with Crippen LogP contribution in [0, 0.1) is 6.92 Å². The van der Waals surface area contributed by atoms with Gasteiger partial charge >= 0.3 is 5.97 Å². The highest BCUT2D eigenvalue weighted by Crippen LogP contribution is 2.35. The largest absolute Gasteiger partial charge is 0.490 e. The second-order valence-electron chi connectivity index (χ2n) is 11.2. The number of hydrogen-bond acceptors (Lipinski definition) is 5. The Bertz CT molecular complexity index is 1260. The summed E-state index contributed by atoms with van der Waals surface area (Å²) in [5.74, 6) is 1.06. The average molecular weight is 527 g/mol. The van der Waals surface area contributed by atoms with Crippen molar-refractivity contribution in [1.82, 2.24) is 0 Å². The first kappa shape index (κ1) is 27.1. The van der Waals surface area contributed by atoms with Crippen molar-refractivity contribution < 1.29 is 14.3 Å². The highest BCUT2D eigenvalue weighted by molar-refractivity contribution is 5.97. The maximum atomic E-state index is 12.7. The van der Waals surface area contributed by atoms with E-state index in [1.54, 1.807) is 6.07 Å². The number of esters is 1. The molecular weight excluding hydrogens is 484 g/mol. The summed E-state index contributed by atoms with van der Waals surface area (Å²) in [6.07, 6.45) is 12.7. The van der Waals surface area contributed by atoms with Crippen LogP contribution in [0.25, 0.3) is 0 Å². The summed E-state index contributed by atoms with van der Waals surface area (Å²) >= 11 is 0. The van der Waals surface area contributed by atoms with Crippen molar-refractivity contribution >= 4 is 28.7 Å². The van der Waals surface area contributed by atoms with Crippen LogP contribution in [0.2, 0.25) is 0 Å².